The van der Waals surface area contributed by atoms with Crippen LogP contribution in [0.4, 0.5) is 0 Å². The third kappa shape index (κ3) is 2.61. The van der Waals surface area contributed by atoms with E-state index in [1.165, 1.54) is 35.1 Å². The minimum Gasteiger partial charge on any atom is -0.267 e. The third-order valence-corrected chi connectivity index (χ3v) is 4.32. The highest BCUT2D eigenvalue weighted by Gasteiger charge is 2.10. The Labute approximate surface area is 130 Å². The molecule has 0 spiro atoms. The molecule has 0 radical (unpaired) electrons. The van der Waals surface area contributed by atoms with E-state index in [4.69, 9.17) is 16.7 Å². The molecule has 0 amide bonds. The number of aromatic nitrogens is 2. The molecule has 0 fully saturated rings. The minimum atomic E-state index is -3.77. The van der Waals surface area contributed by atoms with Crippen LogP contribution in [0.2, 0.25) is 5.02 Å². The first-order chi connectivity index (χ1) is 10.4. The van der Waals surface area contributed by atoms with E-state index < -0.39 is 10.0 Å². The predicted octanol–water partition coefficient (Wildman–Crippen LogP) is 1.69. The summed E-state index contributed by atoms with van der Waals surface area (Å²) >= 11 is 5.88. The van der Waals surface area contributed by atoms with Gasteiger partial charge in [-0.3, -0.25) is 4.79 Å². The van der Waals surface area contributed by atoms with Gasteiger partial charge in [0.1, 0.15) is 0 Å². The van der Waals surface area contributed by atoms with E-state index in [0.717, 1.165) is 0 Å². The smallest absolute Gasteiger partial charge is 0.267 e. The molecule has 0 bridgehead atoms. The average molecular weight is 336 g/mol. The number of nitrogens with zero attached hydrogens (tertiary/aromatic N) is 2. The standard InChI is InChI=1S/C14H10ClN3O3S/c15-10-1-6-13-9(7-10)8-17-18(14(13)19)11-2-4-12(5-3-11)22(16,20)21/h1-8H,(H2,16,20,21). The lowest BCUT2D eigenvalue weighted by atomic mass is 10.2. The highest BCUT2D eigenvalue weighted by Crippen LogP contribution is 2.17. The first-order valence-corrected chi connectivity index (χ1v) is 8.09. The molecule has 1 heterocycles. The van der Waals surface area contributed by atoms with Gasteiger partial charge in [-0.1, -0.05) is 11.6 Å². The molecule has 112 valence electrons. The average Bonchev–Trinajstić information content (AvgIpc) is 2.47. The Hall–Kier alpha value is -2.22. The van der Waals surface area contributed by atoms with E-state index in [1.807, 2.05) is 0 Å². The van der Waals surface area contributed by atoms with Crippen LogP contribution in [0.25, 0.3) is 16.5 Å². The van der Waals surface area contributed by atoms with E-state index in [2.05, 4.69) is 5.10 Å². The lowest BCUT2D eigenvalue weighted by Crippen LogP contribution is -2.21. The SMILES string of the molecule is NS(=O)(=O)c1ccc(-n2ncc3cc(Cl)ccc3c2=O)cc1. The Morgan fingerprint density at radius 3 is 2.41 bits per heavy atom. The summed E-state index contributed by atoms with van der Waals surface area (Å²) in [6.07, 6.45) is 1.52. The number of sulfonamides is 1. The predicted molar refractivity (Wildman–Crippen MR) is 83.7 cm³/mol. The third-order valence-electron chi connectivity index (χ3n) is 3.16. The van der Waals surface area contributed by atoms with Gasteiger partial charge in [-0.2, -0.15) is 9.78 Å². The van der Waals surface area contributed by atoms with Crippen LogP contribution in [-0.4, -0.2) is 18.2 Å². The van der Waals surface area contributed by atoms with Gasteiger partial charge in [-0.05, 0) is 42.5 Å². The fourth-order valence-corrected chi connectivity index (χ4v) is 2.78. The molecule has 1 aromatic heterocycles. The maximum atomic E-state index is 12.4. The fourth-order valence-electron chi connectivity index (χ4n) is 2.08. The molecule has 22 heavy (non-hydrogen) atoms. The Kier molecular flexibility index (Phi) is 3.48. The summed E-state index contributed by atoms with van der Waals surface area (Å²) in [7, 11) is -3.77. The zero-order valence-electron chi connectivity index (χ0n) is 11.1. The molecule has 0 unspecified atom stereocenters. The number of nitrogens with two attached hydrogens (primary N) is 1. The monoisotopic (exact) mass is 335 g/mol. The van der Waals surface area contributed by atoms with Crippen molar-refractivity contribution in [2.45, 2.75) is 4.90 Å². The van der Waals surface area contributed by atoms with Crippen molar-refractivity contribution >= 4 is 32.4 Å². The Morgan fingerprint density at radius 1 is 1.09 bits per heavy atom. The lowest BCUT2D eigenvalue weighted by molar-refractivity contribution is 0.598. The number of primary sulfonamides is 1. The summed E-state index contributed by atoms with van der Waals surface area (Å²) in [5, 5.41) is 10.7. The van der Waals surface area contributed by atoms with Gasteiger partial charge in [0.2, 0.25) is 10.0 Å². The molecule has 2 aromatic carbocycles. The van der Waals surface area contributed by atoms with Crippen LogP contribution in [0.5, 0.6) is 0 Å². The zero-order valence-corrected chi connectivity index (χ0v) is 12.7. The topological polar surface area (TPSA) is 95.1 Å². The first kappa shape index (κ1) is 14.7. The van der Waals surface area contributed by atoms with Crippen molar-refractivity contribution in [2.24, 2.45) is 5.14 Å². The maximum absolute atomic E-state index is 12.4. The molecule has 6 nitrogen and oxygen atoms in total. The van der Waals surface area contributed by atoms with Gasteiger partial charge in [0, 0.05) is 10.4 Å². The molecule has 0 saturated heterocycles. The molecule has 0 atom stereocenters. The van der Waals surface area contributed by atoms with Crippen LogP contribution in [0.15, 0.2) is 58.4 Å². The molecule has 0 saturated carbocycles. The van der Waals surface area contributed by atoms with E-state index in [0.29, 0.717) is 21.5 Å². The van der Waals surface area contributed by atoms with Crippen LogP contribution in [0, 0.1) is 0 Å². The molecule has 3 aromatic rings. The lowest BCUT2D eigenvalue weighted by Gasteiger charge is -2.07. The summed E-state index contributed by atoms with van der Waals surface area (Å²) < 4.78 is 23.7. The number of fused-ring (bicyclic) bond motifs is 1. The van der Waals surface area contributed by atoms with Gasteiger partial charge >= 0.3 is 0 Å². The van der Waals surface area contributed by atoms with Gasteiger partial charge < -0.3 is 0 Å². The summed E-state index contributed by atoms with van der Waals surface area (Å²) in [5.41, 5.74) is 0.117. The molecule has 0 aliphatic heterocycles. The van der Waals surface area contributed by atoms with Crippen LogP contribution in [0.1, 0.15) is 0 Å². The van der Waals surface area contributed by atoms with Crippen molar-refractivity contribution in [3.8, 4) is 5.69 Å². The number of halogens is 1. The first-order valence-electron chi connectivity index (χ1n) is 6.17. The second-order valence-electron chi connectivity index (χ2n) is 4.63. The van der Waals surface area contributed by atoms with E-state index >= 15 is 0 Å². The zero-order chi connectivity index (χ0) is 15.9. The van der Waals surface area contributed by atoms with Crippen LogP contribution in [0.3, 0.4) is 0 Å². The van der Waals surface area contributed by atoms with Crippen molar-refractivity contribution in [3.05, 3.63) is 64.0 Å². The van der Waals surface area contributed by atoms with E-state index in [9.17, 15) is 13.2 Å². The summed E-state index contributed by atoms with van der Waals surface area (Å²) in [6.45, 7) is 0. The minimum absolute atomic E-state index is 0.0307. The molecule has 3 rings (SSSR count). The highest BCUT2D eigenvalue weighted by atomic mass is 35.5. The fraction of sp³-hybridized carbons (Fsp3) is 0. The van der Waals surface area contributed by atoms with Crippen LogP contribution in [-0.2, 0) is 10.0 Å². The normalized spacial score (nSPS) is 11.7. The summed E-state index contributed by atoms with van der Waals surface area (Å²) in [4.78, 5) is 12.4. The molecule has 0 aliphatic rings. The summed E-state index contributed by atoms with van der Waals surface area (Å²) in [5.74, 6) is 0. The van der Waals surface area contributed by atoms with Crippen LogP contribution < -0.4 is 10.7 Å². The molecular weight excluding hydrogens is 326 g/mol. The van der Waals surface area contributed by atoms with E-state index in [-0.39, 0.29) is 10.5 Å². The highest BCUT2D eigenvalue weighted by molar-refractivity contribution is 7.89. The van der Waals surface area contributed by atoms with Crippen molar-refractivity contribution in [2.75, 3.05) is 0 Å². The largest absolute Gasteiger partial charge is 0.279 e. The Bertz CT molecular complexity index is 1030. The van der Waals surface area contributed by atoms with Crippen molar-refractivity contribution in [1.82, 2.24) is 9.78 Å². The van der Waals surface area contributed by atoms with Gasteiger partial charge in [-0.25, -0.2) is 13.6 Å². The van der Waals surface area contributed by atoms with E-state index in [1.54, 1.807) is 18.2 Å². The van der Waals surface area contributed by atoms with Crippen molar-refractivity contribution in [1.29, 1.82) is 0 Å². The quantitative estimate of drug-likeness (QED) is 0.770. The second kappa shape index (κ2) is 5.20. The Balaban J connectivity index is 2.16. The number of rotatable bonds is 2. The number of hydrogen-bond donors (Lipinski definition) is 1. The molecular formula is C14H10ClN3O3S. The van der Waals surface area contributed by atoms with Crippen molar-refractivity contribution < 1.29 is 8.42 Å². The number of benzene rings is 2. The van der Waals surface area contributed by atoms with Gasteiger partial charge in [0.15, 0.2) is 0 Å². The van der Waals surface area contributed by atoms with Gasteiger partial charge in [-0.15, -0.1) is 0 Å². The van der Waals surface area contributed by atoms with Gasteiger partial charge in [0.25, 0.3) is 5.56 Å². The van der Waals surface area contributed by atoms with Crippen molar-refractivity contribution in [3.63, 3.8) is 0 Å². The Morgan fingerprint density at radius 2 is 1.77 bits per heavy atom. The number of hydrogen-bond acceptors (Lipinski definition) is 4. The van der Waals surface area contributed by atoms with Gasteiger partial charge in [0.05, 0.1) is 22.2 Å². The molecule has 2 N–H and O–H groups in total. The van der Waals surface area contributed by atoms with Crippen LogP contribution >= 0.6 is 11.6 Å². The summed E-state index contributed by atoms with van der Waals surface area (Å²) in [6, 6.07) is 10.5. The molecule has 0 aliphatic carbocycles. The second-order valence-corrected chi connectivity index (χ2v) is 6.63. The maximum Gasteiger partial charge on any atom is 0.279 e. The molecule has 8 heteroatoms.